The Bertz CT molecular complexity index is 546. The third-order valence-electron chi connectivity index (χ3n) is 2.24. The Morgan fingerprint density at radius 3 is 2.74 bits per heavy atom. The van der Waals surface area contributed by atoms with E-state index in [0.717, 1.165) is 15.9 Å². The first-order valence-corrected chi connectivity index (χ1v) is 7.70. The Labute approximate surface area is 129 Å². The lowest BCUT2D eigenvalue weighted by atomic mass is 10.3. The molecule has 0 aliphatic rings. The van der Waals surface area contributed by atoms with Gasteiger partial charge in [0.25, 0.3) is 0 Å². The molecule has 2 rings (SSSR count). The number of thioether (sulfide) groups is 1. The fourth-order valence-corrected chi connectivity index (χ4v) is 2.54. The molecule has 0 saturated heterocycles. The minimum atomic E-state index is 0.406. The van der Waals surface area contributed by atoms with Crippen LogP contribution in [0.3, 0.4) is 0 Å². The zero-order chi connectivity index (χ0) is 13.8. The van der Waals surface area contributed by atoms with E-state index in [4.69, 9.17) is 16.3 Å². The molecule has 19 heavy (non-hydrogen) atoms. The SMILES string of the molecule is COc1cc(Br)cc(Nc2cc(Cl)nc(SC)n2)c1. The Morgan fingerprint density at radius 2 is 2.05 bits per heavy atom. The third-order valence-corrected chi connectivity index (χ3v) is 3.44. The summed E-state index contributed by atoms with van der Waals surface area (Å²) in [5.41, 5.74) is 0.855. The molecule has 0 unspecified atom stereocenters. The predicted octanol–water partition coefficient (Wildman–Crippen LogP) is 4.37. The first-order chi connectivity index (χ1) is 9.10. The molecule has 0 amide bonds. The molecule has 0 aliphatic heterocycles. The average molecular weight is 361 g/mol. The second-order valence-corrected chi connectivity index (χ2v) is 5.64. The number of anilines is 2. The van der Waals surface area contributed by atoms with Crippen molar-refractivity contribution in [3.05, 3.63) is 33.9 Å². The highest BCUT2D eigenvalue weighted by Gasteiger charge is 2.05. The van der Waals surface area contributed by atoms with E-state index in [2.05, 4.69) is 31.2 Å². The van der Waals surface area contributed by atoms with Gasteiger partial charge < -0.3 is 10.1 Å². The number of benzene rings is 1. The smallest absolute Gasteiger partial charge is 0.190 e. The topological polar surface area (TPSA) is 47.0 Å². The summed E-state index contributed by atoms with van der Waals surface area (Å²) in [7, 11) is 1.62. The maximum Gasteiger partial charge on any atom is 0.190 e. The van der Waals surface area contributed by atoms with Gasteiger partial charge >= 0.3 is 0 Å². The van der Waals surface area contributed by atoms with Gasteiger partial charge in [-0.15, -0.1) is 0 Å². The van der Waals surface area contributed by atoms with Crippen molar-refractivity contribution in [3.63, 3.8) is 0 Å². The number of nitrogens with zero attached hydrogens (tertiary/aromatic N) is 2. The van der Waals surface area contributed by atoms with Crippen LogP contribution in [-0.4, -0.2) is 23.3 Å². The zero-order valence-corrected chi connectivity index (χ0v) is 13.4. The molecule has 7 heteroatoms. The summed E-state index contributed by atoms with van der Waals surface area (Å²) in [5.74, 6) is 1.40. The highest BCUT2D eigenvalue weighted by Crippen LogP contribution is 2.27. The molecule has 1 aromatic heterocycles. The number of aromatic nitrogens is 2. The van der Waals surface area contributed by atoms with Crippen molar-refractivity contribution in [1.82, 2.24) is 9.97 Å². The molecule has 1 aromatic carbocycles. The van der Waals surface area contributed by atoms with E-state index in [9.17, 15) is 0 Å². The summed E-state index contributed by atoms with van der Waals surface area (Å²) in [5, 5.41) is 4.20. The van der Waals surface area contributed by atoms with Crippen molar-refractivity contribution in [2.24, 2.45) is 0 Å². The Kier molecular flexibility index (Phi) is 4.90. The van der Waals surface area contributed by atoms with E-state index in [1.54, 1.807) is 13.2 Å². The van der Waals surface area contributed by atoms with Gasteiger partial charge in [0.1, 0.15) is 16.7 Å². The van der Waals surface area contributed by atoms with Crippen LogP contribution in [0, 0.1) is 0 Å². The van der Waals surface area contributed by atoms with Crippen LogP contribution in [0.5, 0.6) is 5.75 Å². The van der Waals surface area contributed by atoms with Crippen molar-refractivity contribution in [3.8, 4) is 5.75 Å². The quantitative estimate of drug-likeness (QED) is 0.498. The van der Waals surface area contributed by atoms with E-state index in [1.165, 1.54) is 11.8 Å². The standard InChI is InChI=1S/C12H11BrClN3OS/c1-18-9-4-7(13)3-8(5-9)15-11-6-10(14)16-12(17-11)19-2/h3-6H,1-2H3,(H,15,16,17). The lowest BCUT2D eigenvalue weighted by Crippen LogP contribution is -1.97. The second-order valence-electron chi connectivity index (χ2n) is 3.57. The monoisotopic (exact) mass is 359 g/mol. The maximum absolute atomic E-state index is 5.95. The number of halogens is 2. The summed E-state index contributed by atoms with van der Waals surface area (Å²) in [6.45, 7) is 0. The molecule has 0 saturated carbocycles. The van der Waals surface area contributed by atoms with Crippen LogP contribution in [-0.2, 0) is 0 Å². The van der Waals surface area contributed by atoms with Crippen LogP contribution in [0.4, 0.5) is 11.5 Å². The van der Waals surface area contributed by atoms with Crippen LogP contribution in [0.1, 0.15) is 0 Å². The van der Waals surface area contributed by atoms with E-state index < -0.39 is 0 Å². The number of methoxy groups -OCH3 is 1. The molecule has 0 radical (unpaired) electrons. The molecule has 100 valence electrons. The fourth-order valence-electron chi connectivity index (χ4n) is 1.45. The van der Waals surface area contributed by atoms with Crippen LogP contribution in [0.15, 0.2) is 33.9 Å². The van der Waals surface area contributed by atoms with Crippen LogP contribution < -0.4 is 10.1 Å². The lowest BCUT2D eigenvalue weighted by Gasteiger charge is -2.09. The van der Waals surface area contributed by atoms with Crippen molar-refractivity contribution in [2.45, 2.75) is 5.16 Å². The van der Waals surface area contributed by atoms with Gasteiger partial charge in [0, 0.05) is 22.3 Å². The summed E-state index contributed by atoms with van der Waals surface area (Å²) >= 11 is 10.8. The minimum absolute atomic E-state index is 0.406. The van der Waals surface area contributed by atoms with E-state index in [0.29, 0.717) is 16.1 Å². The van der Waals surface area contributed by atoms with E-state index in [1.807, 2.05) is 24.5 Å². The molecular weight excluding hydrogens is 350 g/mol. The Balaban J connectivity index is 2.30. The first-order valence-electron chi connectivity index (χ1n) is 5.31. The first kappa shape index (κ1) is 14.4. The summed E-state index contributed by atoms with van der Waals surface area (Å²) in [6, 6.07) is 7.36. The lowest BCUT2D eigenvalue weighted by molar-refractivity contribution is 0.415. The number of hydrogen-bond donors (Lipinski definition) is 1. The van der Waals surface area contributed by atoms with Gasteiger partial charge in [0.2, 0.25) is 0 Å². The number of ether oxygens (including phenoxy) is 1. The molecule has 0 spiro atoms. The molecule has 4 nitrogen and oxygen atoms in total. The molecule has 1 heterocycles. The maximum atomic E-state index is 5.95. The van der Waals surface area contributed by atoms with Crippen LogP contribution in [0.25, 0.3) is 0 Å². The molecule has 0 atom stereocenters. The van der Waals surface area contributed by atoms with E-state index >= 15 is 0 Å². The summed E-state index contributed by atoms with van der Waals surface area (Å²) < 4.78 is 6.13. The number of nitrogens with one attached hydrogen (secondary N) is 1. The molecule has 0 aliphatic carbocycles. The largest absolute Gasteiger partial charge is 0.497 e. The normalized spacial score (nSPS) is 10.3. The highest BCUT2D eigenvalue weighted by atomic mass is 79.9. The predicted molar refractivity (Wildman–Crippen MR) is 82.8 cm³/mol. The highest BCUT2D eigenvalue weighted by molar-refractivity contribution is 9.10. The number of rotatable bonds is 4. The summed E-state index contributed by atoms with van der Waals surface area (Å²) in [6.07, 6.45) is 1.90. The van der Waals surface area contributed by atoms with Crippen molar-refractivity contribution < 1.29 is 4.74 Å². The Morgan fingerprint density at radius 1 is 1.26 bits per heavy atom. The van der Waals surface area contributed by atoms with Gasteiger partial charge in [-0.1, -0.05) is 39.3 Å². The molecule has 1 N–H and O–H groups in total. The van der Waals surface area contributed by atoms with Crippen molar-refractivity contribution in [1.29, 1.82) is 0 Å². The van der Waals surface area contributed by atoms with Crippen LogP contribution in [0.2, 0.25) is 5.15 Å². The minimum Gasteiger partial charge on any atom is -0.497 e. The molecule has 2 aromatic rings. The fraction of sp³-hybridized carbons (Fsp3) is 0.167. The van der Waals surface area contributed by atoms with Gasteiger partial charge in [0.05, 0.1) is 7.11 Å². The average Bonchev–Trinajstić information content (AvgIpc) is 2.37. The third kappa shape index (κ3) is 3.99. The second kappa shape index (κ2) is 6.45. The Hall–Kier alpha value is -0.980. The van der Waals surface area contributed by atoms with Crippen LogP contribution >= 0.6 is 39.3 Å². The van der Waals surface area contributed by atoms with Gasteiger partial charge in [-0.2, -0.15) is 0 Å². The summed E-state index contributed by atoms with van der Waals surface area (Å²) in [4.78, 5) is 8.42. The molecular formula is C12H11BrClN3OS. The molecule has 0 fully saturated rings. The zero-order valence-electron chi connectivity index (χ0n) is 10.3. The van der Waals surface area contributed by atoms with Gasteiger partial charge in [-0.25, -0.2) is 9.97 Å². The van der Waals surface area contributed by atoms with Gasteiger partial charge in [0.15, 0.2) is 5.16 Å². The van der Waals surface area contributed by atoms with Gasteiger partial charge in [-0.3, -0.25) is 0 Å². The molecule has 0 bridgehead atoms. The number of hydrogen-bond acceptors (Lipinski definition) is 5. The van der Waals surface area contributed by atoms with Crippen molar-refractivity contribution >= 4 is 50.8 Å². The van der Waals surface area contributed by atoms with Gasteiger partial charge in [-0.05, 0) is 18.4 Å². The van der Waals surface area contributed by atoms with E-state index in [-0.39, 0.29) is 0 Å². The van der Waals surface area contributed by atoms with Crippen molar-refractivity contribution in [2.75, 3.05) is 18.7 Å².